The van der Waals surface area contributed by atoms with Crippen molar-refractivity contribution in [3.05, 3.63) is 0 Å². The molecular formula is C9H20N4O2S2. The molecule has 8 heteroatoms. The number of hydrogen-bond donors (Lipinski definition) is 2. The van der Waals surface area contributed by atoms with Crippen molar-refractivity contribution >= 4 is 27.4 Å². The smallest absolute Gasteiger partial charge is 0.279 e. The van der Waals surface area contributed by atoms with E-state index in [-0.39, 0.29) is 0 Å². The van der Waals surface area contributed by atoms with Gasteiger partial charge in [-0.15, -0.1) is 0 Å². The van der Waals surface area contributed by atoms with Gasteiger partial charge in [0.25, 0.3) is 10.2 Å². The van der Waals surface area contributed by atoms with Gasteiger partial charge in [-0.3, -0.25) is 4.90 Å². The molecule has 17 heavy (non-hydrogen) atoms. The van der Waals surface area contributed by atoms with E-state index in [1.165, 1.54) is 4.31 Å². The molecule has 0 aromatic heterocycles. The van der Waals surface area contributed by atoms with Gasteiger partial charge in [-0.25, -0.2) is 4.72 Å². The minimum atomic E-state index is -3.30. The Hall–Kier alpha value is -0.280. The fourth-order valence-corrected chi connectivity index (χ4v) is 3.14. The van der Waals surface area contributed by atoms with Crippen LogP contribution in [-0.2, 0) is 10.2 Å². The van der Waals surface area contributed by atoms with Crippen LogP contribution in [0.25, 0.3) is 0 Å². The first-order valence-corrected chi connectivity index (χ1v) is 7.56. The van der Waals surface area contributed by atoms with Crippen LogP contribution in [0.4, 0.5) is 0 Å². The van der Waals surface area contributed by atoms with Gasteiger partial charge < -0.3 is 5.73 Å². The Kier molecular flexibility index (Phi) is 5.74. The second kappa shape index (κ2) is 6.60. The van der Waals surface area contributed by atoms with Crippen molar-refractivity contribution in [2.24, 2.45) is 5.73 Å². The van der Waals surface area contributed by atoms with Gasteiger partial charge in [-0.1, -0.05) is 19.1 Å². The standard InChI is InChI=1S/C9H20N4O2S2/c1-2-3-11-17(14,15)13-6-4-12(5-7-13)8-9(10)16/h11H,2-8H2,1H3,(H2,10,16). The minimum Gasteiger partial charge on any atom is -0.392 e. The maximum absolute atomic E-state index is 11.8. The number of thiocarbonyl (C=S) groups is 1. The van der Waals surface area contributed by atoms with Gasteiger partial charge >= 0.3 is 0 Å². The summed E-state index contributed by atoms with van der Waals surface area (Å²) < 4.78 is 27.7. The fourth-order valence-electron chi connectivity index (χ4n) is 1.67. The molecule has 0 aromatic rings. The maximum atomic E-state index is 11.8. The van der Waals surface area contributed by atoms with Crippen molar-refractivity contribution in [1.82, 2.24) is 13.9 Å². The van der Waals surface area contributed by atoms with Crippen LogP contribution in [0.5, 0.6) is 0 Å². The second-order valence-corrected chi connectivity index (χ2v) is 6.32. The predicted octanol–water partition coefficient (Wildman–Crippen LogP) is -0.865. The molecule has 0 unspecified atom stereocenters. The average Bonchev–Trinajstić information content (AvgIpc) is 2.26. The third-order valence-electron chi connectivity index (χ3n) is 2.59. The van der Waals surface area contributed by atoms with Crippen molar-refractivity contribution < 1.29 is 8.42 Å². The zero-order valence-electron chi connectivity index (χ0n) is 10.1. The largest absolute Gasteiger partial charge is 0.392 e. The molecule has 0 amide bonds. The van der Waals surface area contributed by atoms with Gasteiger partial charge in [0.1, 0.15) is 0 Å². The van der Waals surface area contributed by atoms with E-state index in [1.54, 1.807) is 0 Å². The van der Waals surface area contributed by atoms with Crippen molar-refractivity contribution in [1.29, 1.82) is 0 Å². The summed E-state index contributed by atoms with van der Waals surface area (Å²) in [5.41, 5.74) is 5.46. The zero-order valence-corrected chi connectivity index (χ0v) is 11.7. The van der Waals surface area contributed by atoms with Gasteiger partial charge in [0, 0.05) is 39.3 Å². The second-order valence-electron chi connectivity index (χ2n) is 4.04. The van der Waals surface area contributed by atoms with E-state index in [0.29, 0.717) is 44.3 Å². The Morgan fingerprint density at radius 3 is 2.41 bits per heavy atom. The Balaban J connectivity index is 2.43. The highest BCUT2D eigenvalue weighted by atomic mass is 32.2. The summed E-state index contributed by atoms with van der Waals surface area (Å²) in [6, 6.07) is 0. The van der Waals surface area contributed by atoms with Crippen LogP contribution in [0.15, 0.2) is 0 Å². The number of nitrogens with two attached hydrogens (primary N) is 1. The molecule has 1 saturated heterocycles. The van der Waals surface area contributed by atoms with Crippen LogP contribution >= 0.6 is 12.2 Å². The summed E-state index contributed by atoms with van der Waals surface area (Å²) in [7, 11) is -3.30. The van der Waals surface area contributed by atoms with Gasteiger partial charge in [0.2, 0.25) is 0 Å². The summed E-state index contributed by atoms with van der Waals surface area (Å²) >= 11 is 4.83. The summed E-state index contributed by atoms with van der Waals surface area (Å²) in [6.07, 6.45) is 0.792. The van der Waals surface area contributed by atoms with E-state index < -0.39 is 10.2 Å². The van der Waals surface area contributed by atoms with Crippen LogP contribution in [0.1, 0.15) is 13.3 Å². The predicted molar refractivity (Wildman–Crippen MR) is 72.0 cm³/mol. The highest BCUT2D eigenvalue weighted by Gasteiger charge is 2.26. The van der Waals surface area contributed by atoms with Crippen molar-refractivity contribution in [3.63, 3.8) is 0 Å². The molecule has 1 aliphatic heterocycles. The quantitative estimate of drug-likeness (QED) is 0.619. The van der Waals surface area contributed by atoms with Crippen LogP contribution < -0.4 is 10.5 Å². The number of hydrogen-bond acceptors (Lipinski definition) is 4. The monoisotopic (exact) mass is 280 g/mol. The average molecular weight is 280 g/mol. The highest BCUT2D eigenvalue weighted by molar-refractivity contribution is 7.87. The van der Waals surface area contributed by atoms with Crippen LogP contribution in [0.3, 0.4) is 0 Å². The van der Waals surface area contributed by atoms with Crippen molar-refractivity contribution in [3.8, 4) is 0 Å². The molecule has 1 aliphatic rings. The van der Waals surface area contributed by atoms with E-state index in [9.17, 15) is 8.42 Å². The summed E-state index contributed by atoms with van der Waals surface area (Å²) in [4.78, 5) is 2.51. The molecule has 0 aromatic carbocycles. The fraction of sp³-hybridized carbons (Fsp3) is 0.889. The van der Waals surface area contributed by atoms with Gasteiger partial charge in [0.05, 0.1) is 4.99 Å². The molecule has 6 nitrogen and oxygen atoms in total. The normalized spacial score (nSPS) is 19.4. The molecule has 1 fully saturated rings. The van der Waals surface area contributed by atoms with E-state index in [1.807, 2.05) is 6.92 Å². The van der Waals surface area contributed by atoms with E-state index in [2.05, 4.69) is 9.62 Å². The minimum absolute atomic E-state index is 0.449. The zero-order chi connectivity index (χ0) is 12.9. The molecule has 0 saturated carbocycles. The molecule has 1 rings (SSSR count). The first kappa shape index (κ1) is 14.8. The van der Waals surface area contributed by atoms with Crippen molar-refractivity contribution in [2.75, 3.05) is 39.3 Å². The number of nitrogens with one attached hydrogen (secondary N) is 1. The Morgan fingerprint density at radius 1 is 1.35 bits per heavy atom. The number of piperazine rings is 1. The SMILES string of the molecule is CCCNS(=O)(=O)N1CCN(CC(N)=S)CC1. The third kappa shape index (κ3) is 4.84. The van der Waals surface area contributed by atoms with Crippen LogP contribution in [0.2, 0.25) is 0 Å². The molecule has 1 heterocycles. The molecule has 3 N–H and O–H groups in total. The lowest BCUT2D eigenvalue weighted by molar-refractivity contribution is 0.208. The lowest BCUT2D eigenvalue weighted by atomic mass is 10.3. The maximum Gasteiger partial charge on any atom is 0.279 e. The summed E-state index contributed by atoms with van der Waals surface area (Å²) in [5, 5.41) is 0. The van der Waals surface area contributed by atoms with Gasteiger partial charge in [-0.05, 0) is 6.42 Å². The van der Waals surface area contributed by atoms with E-state index in [0.717, 1.165) is 6.42 Å². The third-order valence-corrected chi connectivity index (χ3v) is 4.33. The van der Waals surface area contributed by atoms with Crippen molar-refractivity contribution in [2.45, 2.75) is 13.3 Å². The van der Waals surface area contributed by atoms with Crippen LogP contribution in [0, 0.1) is 0 Å². The molecular weight excluding hydrogens is 260 g/mol. The van der Waals surface area contributed by atoms with Gasteiger partial charge in [0.15, 0.2) is 0 Å². The Morgan fingerprint density at radius 2 is 1.94 bits per heavy atom. The molecule has 0 spiro atoms. The molecule has 0 aliphatic carbocycles. The van der Waals surface area contributed by atoms with Crippen LogP contribution in [-0.4, -0.2) is 61.9 Å². The first-order valence-electron chi connectivity index (χ1n) is 5.71. The van der Waals surface area contributed by atoms with E-state index in [4.69, 9.17) is 18.0 Å². The topological polar surface area (TPSA) is 78.7 Å². The molecule has 0 atom stereocenters. The highest BCUT2D eigenvalue weighted by Crippen LogP contribution is 2.05. The number of rotatable bonds is 6. The molecule has 0 radical (unpaired) electrons. The first-order chi connectivity index (χ1) is 7.95. The van der Waals surface area contributed by atoms with Gasteiger partial charge in [-0.2, -0.15) is 12.7 Å². The lowest BCUT2D eigenvalue weighted by Gasteiger charge is -2.33. The Labute approximate surface area is 108 Å². The lowest BCUT2D eigenvalue weighted by Crippen LogP contribution is -2.53. The Bertz CT molecular complexity index is 350. The molecule has 0 bridgehead atoms. The molecule has 100 valence electrons. The summed E-state index contributed by atoms with van der Waals surface area (Å²) in [5.74, 6) is 0. The summed E-state index contributed by atoms with van der Waals surface area (Å²) in [6.45, 7) is 5.29. The van der Waals surface area contributed by atoms with E-state index >= 15 is 0 Å². The number of nitrogens with zero attached hydrogens (tertiary/aromatic N) is 2.